The summed E-state index contributed by atoms with van der Waals surface area (Å²) in [5, 5.41) is 6.92. The maximum atomic E-state index is 4.38. The number of nitrogens with zero attached hydrogens (tertiary/aromatic N) is 2. The second-order valence-electron chi connectivity index (χ2n) is 6.43. The van der Waals surface area contributed by atoms with Gasteiger partial charge in [-0.3, -0.25) is 9.89 Å². The van der Waals surface area contributed by atoms with Crippen molar-refractivity contribution in [2.24, 2.45) is 4.99 Å². The van der Waals surface area contributed by atoms with Crippen LogP contribution in [-0.4, -0.2) is 31.0 Å². The van der Waals surface area contributed by atoms with Gasteiger partial charge in [0.25, 0.3) is 0 Å². The first kappa shape index (κ1) is 20.0. The molecule has 4 heteroatoms. The third kappa shape index (κ3) is 5.88. The van der Waals surface area contributed by atoms with Crippen LogP contribution in [0, 0.1) is 0 Å². The molecule has 1 atom stereocenters. The van der Waals surface area contributed by atoms with Crippen molar-refractivity contribution in [2.45, 2.75) is 39.9 Å². The lowest BCUT2D eigenvalue weighted by atomic mass is 10.1. The van der Waals surface area contributed by atoms with E-state index in [4.69, 9.17) is 0 Å². The molecule has 0 bridgehead atoms. The van der Waals surface area contributed by atoms with E-state index < -0.39 is 0 Å². The Hall–Kier alpha value is -2.33. The van der Waals surface area contributed by atoms with Gasteiger partial charge in [0.05, 0.1) is 6.04 Å². The third-order valence-electron chi connectivity index (χ3n) is 4.73. The summed E-state index contributed by atoms with van der Waals surface area (Å²) >= 11 is 0. The van der Waals surface area contributed by atoms with E-state index in [0.717, 1.165) is 32.1 Å². The fraction of sp³-hybridized carbons (Fsp3) is 0.409. The van der Waals surface area contributed by atoms with Gasteiger partial charge in [0.1, 0.15) is 0 Å². The fourth-order valence-electron chi connectivity index (χ4n) is 2.98. The van der Waals surface area contributed by atoms with E-state index in [-0.39, 0.29) is 6.04 Å². The van der Waals surface area contributed by atoms with Gasteiger partial charge in [0, 0.05) is 20.1 Å². The third-order valence-corrected chi connectivity index (χ3v) is 4.73. The molecular weight excluding hydrogens is 320 g/mol. The number of hydrogen-bond donors (Lipinski definition) is 2. The van der Waals surface area contributed by atoms with Crippen molar-refractivity contribution in [3.63, 3.8) is 0 Å². The molecule has 0 fully saturated rings. The number of hydrogen-bond acceptors (Lipinski definition) is 2. The van der Waals surface area contributed by atoms with Gasteiger partial charge in [-0.1, -0.05) is 68.4 Å². The summed E-state index contributed by atoms with van der Waals surface area (Å²) in [5.41, 5.74) is 3.93. The molecule has 26 heavy (non-hydrogen) atoms. The van der Waals surface area contributed by atoms with Crippen molar-refractivity contribution < 1.29 is 0 Å². The Balaban J connectivity index is 1.98. The van der Waals surface area contributed by atoms with Crippen molar-refractivity contribution in [2.75, 3.05) is 20.1 Å². The molecule has 1 unspecified atom stereocenters. The summed E-state index contributed by atoms with van der Waals surface area (Å²) in [7, 11) is 1.81. The van der Waals surface area contributed by atoms with Crippen molar-refractivity contribution in [1.29, 1.82) is 0 Å². The molecule has 0 spiro atoms. The number of guanidine groups is 1. The van der Waals surface area contributed by atoms with Gasteiger partial charge in [-0.25, -0.2) is 0 Å². The number of nitrogens with one attached hydrogen (secondary N) is 2. The first-order chi connectivity index (χ1) is 12.7. The Morgan fingerprint density at radius 2 is 1.58 bits per heavy atom. The largest absolute Gasteiger partial charge is 0.352 e. The van der Waals surface area contributed by atoms with Crippen LogP contribution in [0.2, 0.25) is 0 Å². The van der Waals surface area contributed by atoms with Crippen LogP contribution < -0.4 is 10.6 Å². The molecule has 0 saturated heterocycles. The summed E-state index contributed by atoms with van der Waals surface area (Å²) in [6.07, 6.45) is 0. The maximum absolute atomic E-state index is 4.38. The first-order valence-electron chi connectivity index (χ1n) is 9.49. The summed E-state index contributed by atoms with van der Waals surface area (Å²) in [5.74, 6) is 0.819. The minimum atomic E-state index is 0.202. The van der Waals surface area contributed by atoms with E-state index in [2.05, 4.69) is 89.8 Å². The van der Waals surface area contributed by atoms with Gasteiger partial charge in [-0.2, -0.15) is 0 Å². The van der Waals surface area contributed by atoms with E-state index in [1.54, 1.807) is 0 Å². The SMILES string of the molecule is CCN(CC)Cc1ccccc1CNC(=NC)NC(C)c1ccccc1. The summed E-state index contributed by atoms with van der Waals surface area (Å²) in [6, 6.07) is 19.3. The highest BCUT2D eigenvalue weighted by Gasteiger charge is 2.09. The van der Waals surface area contributed by atoms with Crippen molar-refractivity contribution in [1.82, 2.24) is 15.5 Å². The molecule has 0 aliphatic heterocycles. The fourth-order valence-corrected chi connectivity index (χ4v) is 2.98. The summed E-state index contributed by atoms with van der Waals surface area (Å²) < 4.78 is 0. The quantitative estimate of drug-likeness (QED) is 0.558. The van der Waals surface area contributed by atoms with Crippen molar-refractivity contribution in [3.8, 4) is 0 Å². The first-order valence-corrected chi connectivity index (χ1v) is 9.49. The molecule has 2 aromatic carbocycles. The molecule has 2 N–H and O–H groups in total. The molecule has 0 saturated carbocycles. The molecule has 0 amide bonds. The molecule has 0 aromatic heterocycles. The lowest BCUT2D eigenvalue weighted by Crippen LogP contribution is -2.38. The van der Waals surface area contributed by atoms with E-state index in [9.17, 15) is 0 Å². The molecule has 2 aromatic rings. The van der Waals surface area contributed by atoms with E-state index >= 15 is 0 Å². The van der Waals surface area contributed by atoms with E-state index in [1.165, 1.54) is 16.7 Å². The van der Waals surface area contributed by atoms with Gasteiger partial charge in [-0.15, -0.1) is 0 Å². The predicted molar refractivity (Wildman–Crippen MR) is 111 cm³/mol. The molecule has 0 aliphatic rings. The predicted octanol–water partition coefficient (Wildman–Crippen LogP) is 3.95. The Kier molecular flexibility index (Phi) is 8.16. The van der Waals surface area contributed by atoms with Crippen LogP contribution in [0.5, 0.6) is 0 Å². The van der Waals surface area contributed by atoms with Crippen LogP contribution in [0.3, 0.4) is 0 Å². The molecule has 4 nitrogen and oxygen atoms in total. The molecule has 0 heterocycles. The van der Waals surface area contributed by atoms with Gasteiger partial charge in [0.2, 0.25) is 0 Å². The highest BCUT2D eigenvalue weighted by atomic mass is 15.2. The number of aliphatic imine (C=N–C) groups is 1. The van der Waals surface area contributed by atoms with Gasteiger partial charge < -0.3 is 10.6 Å². The van der Waals surface area contributed by atoms with E-state index in [0.29, 0.717) is 0 Å². The highest BCUT2D eigenvalue weighted by molar-refractivity contribution is 5.80. The minimum Gasteiger partial charge on any atom is -0.352 e. The highest BCUT2D eigenvalue weighted by Crippen LogP contribution is 2.13. The average Bonchev–Trinajstić information content (AvgIpc) is 2.70. The van der Waals surface area contributed by atoms with E-state index in [1.807, 2.05) is 13.1 Å². The van der Waals surface area contributed by atoms with Gasteiger partial charge >= 0.3 is 0 Å². The Morgan fingerprint density at radius 3 is 2.19 bits per heavy atom. The summed E-state index contributed by atoms with van der Waals surface area (Å²) in [4.78, 5) is 6.81. The zero-order valence-corrected chi connectivity index (χ0v) is 16.5. The van der Waals surface area contributed by atoms with Crippen LogP contribution in [0.4, 0.5) is 0 Å². The standard InChI is InChI=1S/C22H32N4/c1-5-26(6-2)17-21-15-11-10-14-20(21)16-24-22(23-4)25-18(3)19-12-8-7-9-13-19/h7-15,18H,5-6,16-17H2,1-4H3,(H2,23,24,25). The Labute approximate surface area is 158 Å². The average molecular weight is 353 g/mol. The Morgan fingerprint density at radius 1 is 0.962 bits per heavy atom. The normalized spacial score (nSPS) is 12.9. The van der Waals surface area contributed by atoms with Crippen molar-refractivity contribution >= 4 is 5.96 Å². The zero-order valence-electron chi connectivity index (χ0n) is 16.5. The van der Waals surface area contributed by atoms with Crippen LogP contribution in [-0.2, 0) is 13.1 Å². The van der Waals surface area contributed by atoms with Gasteiger partial charge in [0.15, 0.2) is 5.96 Å². The monoisotopic (exact) mass is 352 g/mol. The summed E-state index contributed by atoms with van der Waals surface area (Å²) in [6.45, 7) is 10.4. The lowest BCUT2D eigenvalue weighted by molar-refractivity contribution is 0.295. The lowest BCUT2D eigenvalue weighted by Gasteiger charge is -2.21. The van der Waals surface area contributed by atoms with Crippen LogP contribution in [0.25, 0.3) is 0 Å². The van der Waals surface area contributed by atoms with Crippen LogP contribution in [0.15, 0.2) is 59.6 Å². The van der Waals surface area contributed by atoms with Crippen molar-refractivity contribution in [3.05, 3.63) is 71.3 Å². The molecule has 140 valence electrons. The molecular formula is C22H32N4. The Bertz CT molecular complexity index is 678. The second kappa shape index (κ2) is 10.6. The minimum absolute atomic E-state index is 0.202. The molecule has 2 rings (SSSR count). The van der Waals surface area contributed by atoms with Crippen LogP contribution >= 0.6 is 0 Å². The molecule has 0 radical (unpaired) electrons. The number of rotatable bonds is 8. The zero-order chi connectivity index (χ0) is 18.8. The molecule has 0 aliphatic carbocycles. The maximum Gasteiger partial charge on any atom is 0.191 e. The second-order valence-corrected chi connectivity index (χ2v) is 6.43. The smallest absolute Gasteiger partial charge is 0.191 e. The number of benzene rings is 2. The van der Waals surface area contributed by atoms with Gasteiger partial charge in [-0.05, 0) is 36.7 Å². The van der Waals surface area contributed by atoms with Crippen LogP contribution in [0.1, 0.15) is 43.5 Å². The topological polar surface area (TPSA) is 39.7 Å².